The van der Waals surface area contributed by atoms with E-state index in [-0.39, 0.29) is 32.8 Å². The molecule has 1 aromatic carbocycles. The first-order valence-electron chi connectivity index (χ1n) is 12.3. The van der Waals surface area contributed by atoms with E-state index in [0.29, 0.717) is 5.92 Å². The fraction of sp³-hybridized carbons (Fsp3) is 0.538. The van der Waals surface area contributed by atoms with Gasteiger partial charge >= 0.3 is 15.2 Å². The largest absolute Gasteiger partial charge is 0.346 e. The highest BCUT2D eigenvalue weighted by Crippen LogP contribution is 2.71. The fourth-order valence-corrected chi connectivity index (χ4v) is 9.28. The first-order valence-corrected chi connectivity index (χ1v) is 15.5. The molecule has 0 aliphatic heterocycles. The van der Waals surface area contributed by atoms with Crippen molar-refractivity contribution in [3.8, 4) is 0 Å². The van der Waals surface area contributed by atoms with Crippen LogP contribution in [0.1, 0.15) is 64.9 Å². The molecular weight excluding hydrogens is 470 g/mol. The van der Waals surface area contributed by atoms with Gasteiger partial charge in [-0.25, -0.2) is 0 Å². The molecule has 1 aliphatic carbocycles. The predicted octanol–water partition coefficient (Wildman–Crippen LogP) is 8.24. The molecule has 0 N–H and O–H groups in total. The highest BCUT2D eigenvalue weighted by Gasteiger charge is 2.49. The van der Waals surface area contributed by atoms with Gasteiger partial charge in [-0.05, 0) is 64.9 Å². The summed E-state index contributed by atoms with van der Waals surface area (Å²) in [7, 11) is -7.44. The maximum atomic E-state index is 13.5. The monoisotopic (exact) mass is 510 g/mol. The fourth-order valence-electron chi connectivity index (χ4n) is 4.06. The summed E-state index contributed by atoms with van der Waals surface area (Å²) in [6.07, 6.45) is 13.4. The molecule has 0 radical (unpaired) electrons. The maximum absolute atomic E-state index is 13.5. The molecule has 0 saturated heterocycles. The van der Waals surface area contributed by atoms with E-state index in [0.717, 1.165) is 19.3 Å². The summed E-state index contributed by atoms with van der Waals surface area (Å²) in [5.74, 6) is 0.576. The first kappa shape index (κ1) is 29.0. The van der Waals surface area contributed by atoms with Crippen LogP contribution in [-0.4, -0.2) is 31.8 Å². The average Bonchev–Trinajstić information content (AvgIpc) is 2.82. The van der Waals surface area contributed by atoms with E-state index in [1.165, 1.54) is 11.1 Å². The third-order valence-electron chi connectivity index (χ3n) is 5.59. The molecule has 34 heavy (non-hydrogen) atoms. The van der Waals surface area contributed by atoms with Gasteiger partial charge in [-0.3, -0.25) is 9.13 Å². The van der Waals surface area contributed by atoms with Crippen molar-refractivity contribution in [3.05, 3.63) is 71.8 Å². The topological polar surface area (TPSA) is 71.1 Å². The second-order valence-corrected chi connectivity index (χ2v) is 12.8. The smallest absolute Gasteiger partial charge is 0.308 e. The van der Waals surface area contributed by atoms with Crippen LogP contribution in [0.25, 0.3) is 0 Å². The summed E-state index contributed by atoms with van der Waals surface area (Å²) in [6, 6.07) is 10.6. The molecule has 1 unspecified atom stereocenters. The second-order valence-electron chi connectivity index (χ2n) is 7.92. The van der Waals surface area contributed by atoms with E-state index >= 15 is 0 Å². The van der Waals surface area contributed by atoms with Gasteiger partial charge in [0.2, 0.25) is 0 Å². The van der Waals surface area contributed by atoms with Crippen LogP contribution in [0.2, 0.25) is 0 Å². The average molecular weight is 511 g/mol. The summed E-state index contributed by atoms with van der Waals surface area (Å²) in [5, 5.41) is -1.02. The van der Waals surface area contributed by atoms with Crippen LogP contribution in [-0.2, 0) is 27.2 Å². The van der Waals surface area contributed by atoms with Crippen molar-refractivity contribution in [1.82, 2.24) is 0 Å². The van der Waals surface area contributed by atoms with Gasteiger partial charge in [0, 0.05) is 0 Å². The predicted molar refractivity (Wildman–Crippen MR) is 140 cm³/mol. The van der Waals surface area contributed by atoms with Crippen molar-refractivity contribution >= 4 is 15.2 Å². The van der Waals surface area contributed by atoms with E-state index in [9.17, 15) is 9.13 Å². The van der Waals surface area contributed by atoms with Crippen LogP contribution in [0, 0.1) is 0 Å². The molecule has 0 saturated carbocycles. The maximum Gasteiger partial charge on any atom is 0.346 e. The minimum atomic E-state index is -3.72. The Bertz CT molecular complexity index is 859. The van der Waals surface area contributed by atoms with E-state index in [4.69, 9.17) is 18.1 Å². The zero-order chi connectivity index (χ0) is 24.9. The van der Waals surface area contributed by atoms with Crippen LogP contribution >= 0.6 is 15.2 Å². The molecule has 0 spiro atoms. The van der Waals surface area contributed by atoms with E-state index in [1.54, 1.807) is 27.7 Å². The van der Waals surface area contributed by atoms with Crippen LogP contribution in [0.4, 0.5) is 0 Å². The minimum absolute atomic E-state index is 0.174. The van der Waals surface area contributed by atoms with Crippen LogP contribution < -0.4 is 0 Å². The van der Waals surface area contributed by atoms with Gasteiger partial charge in [0.25, 0.3) is 0 Å². The molecule has 8 heteroatoms. The molecular formula is C26H40O6P2. The first-order chi connectivity index (χ1) is 16.4. The molecule has 0 amide bonds. The highest BCUT2D eigenvalue weighted by atomic mass is 31.2. The lowest BCUT2D eigenvalue weighted by molar-refractivity contribution is 0.195. The minimum Gasteiger partial charge on any atom is -0.308 e. The summed E-state index contributed by atoms with van der Waals surface area (Å²) in [4.78, 5) is 0. The molecule has 0 fully saturated rings. The van der Waals surface area contributed by atoms with Gasteiger partial charge in [0.05, 0.1) is 26.4 Å². The van der Waals surface area contributed by atoms with Crippen LogP contribution in [0.3, 0.4) is 0 Å². The van der Waals surface area contributed by atoms with Crippen molar-refractivity contribution in [2.75, 3.05) is 26.4 Å². The molecule has 1 aromatic rings. The van der Waals surface area contributed by atoms with Crippen LogP contribution in [0.15, 0.2) is 66.3 Å². The van der Waals surface area contributed by atoms with E-state index < -0.39 is 20.6 Å². The lowest BCUT2D eigenvalue weighted by Crippen LogP contribution is -2.17. The summed E-state index contributed by atoms with van der Waals surface area (Å²) in [5.41, 5.74) is 2.70. The van der Waals surface area contributed by atoms with Crippen LogP contribution in [0.5, 0.6) is 0 Å². The standard InChI is InChI=1S/C26H40O6P2/c1-5-29-33(27,30-6-2)26(34(28,31-7-3)32-8-4)18-14-9-11-15-23-19-21-25(22-20-23)24-16-12-10-13-17-24/h9-17,19,25-26H,5-8,18,20-22H2,1-4H3/b14-9+,15-11+. The Hall–Kier alpha value is -1.26. The number of benzene rings is 1. The van der Waals surface area contributed by atoms with Crippen molar-refractivity contribution in [2.45, 2.75) is 64.7 Å². The lowest BCUT2D eigenvalue weighted by Gasteiger charge is -2.30. The van der Waals surface area contributed by atoms with Gasteiger partial charge in [-0.15, -0.1) is 0 Å². The Labute approximate surface area is 205 Å². The Morgan fingerprint density at radius 3 is 1.91 bits per heavy atom. The Balaban J connectivity index is 2.09. The van der Waals surface area contributed by atoms with E-state index in [1.807, 2.05) is 18.2 Å². The third kappa shape index (κ3) is 8.45. The van der Waals surface area contributed by atoms with Crippen molar-refractivity contribution in [1.29, 1.82) is 0 Å². The van der Waals surface area contributed by atoms with Gasteiger partial charge in [-0.2, -0.15) is 0 Å². The Kier molecular flexibility index (Phi) is 12.8. The number of allylic oxidation sites excluding steroid dienone is 6. The van der Waals surface area contributed by atoms with Gasteiger partial charge in [-0.1, -0.05) is 66.3 Å². The molecule has 2 rings (SSSR count). The Morgan fingerprint density at radius 1 is 0.882 bits per heavy atom. The second kappa shape index (κ2) is 15.0. The van der Waals surface area contributed by atoms with Crippen molar-refractivity contribution < 1.29 is 27.2 Å². The molecule has 0 bridgehead atoms. The molecule has 0 heterocycles. The zero-order valence-corrected chi connectivity index (χ0v) is 22.7. The third-order valence-corrected chi connectivity index (χ3v) is 11.6. The summed E-state index contributed by atoms with van der Waals surface area (Å²) < 4.78 is 49.1. The van der Waals surface area contributed by atoms with Crippen molar-refractivity contribution in [3.63, 3.8) is 0 Å². The highest BCUT2D eigenvalue weighted by molar-refractivity contribution is 7.72. The number of rotatable bonds is 15. The van der Waals surface area contributed by atoms with Gasteiger partial charge in [0.1, 0.15) is 0 Å². The summed E-state index contributed by atoms with van der Waals surface area (Å²) in [6.45, 7) is 7.62. The van der Waals surface area contributed by atoms with E-state index in [2.05, 4.69) is 42.5 Å². The quantitative estimate of drug-likeness (QED) is 0.175. The lowest BCUT2D eigenvalue weighted by atomic mass is 9.84. The summed E-state index contributed by atoms with van der Waals surface area (Å²) >= 11 is 0. The zero-order valence-electron chi connectivity index (χ0n) is 20.9. The molecule has 0 aromatic heterocycles. The molecule has 1 aliphatic rings. The van der Waals surface area contributed by atoms with Gasteiger partial charge < -0.3 is 18.1 Å². The van der Waals surface area contributed by atoms with Gasteiger partial charge in [0.15, 0.2) is 5.40 Å². The molecule has 1 atom stereocenters. The number of hydrogen-bond donors (Lipinski definition) is 0. The normalized spacial score (nSPS) is 17.7. The van der Waals surface area contributed by atoms with Crippen molar-refractivity contribution in [2.24, 2.45) is 0 Å². The number of hydrogen-bond acceptors (Lipinski definition) is 6. The molecule has 6 nitrogen and oxygen atoms in total. The SMILES string of the molecule is CCOP(=O)(OCC)C(C/C=C/C=C/C1=CCC(c2ccccc2)CC1)P(=O)(OCC)OCC. The molecule has 190 valence electrons. The Morgan fingerprint density at radius 2 is 1.44 bits per heavy atom.